The lowest BCUT2D eigenvalue weighted by Crippen LogP contribution is -2.59. The summed E-state index contributed by atoms with van der Waals surface area (Å²) in [7, 11) is 0. The van der Waals surface area contributed by atoms with Gasteiger partial charge >= 0.3 is 5.97 Å². The van der Waals surface area contributed by atoms with Crippen molar-refractivity contribution in [2.45, 2.75) is 43.2 Å². The Morgan fingerprint density at radius 2 is 1.97 bits per heavy atom. The second-order valence-corrected chi connectivity index (χ2v) is 10.0. The first-order valence-corrected chi connectivity index (χ1v) is 12.2. The molecule has 0 spiro atoms. The number of fused-ring (bicyclic) bond motifs is 2. The van der Waals surface area contributed by atoms with E-state index in [0.717, 1.165) is 41.0 Å². The Morgan fingerprint density at radius 1 is 1.15 bits per heavy atom. The van der Waals surface area contributed by atoms with Crippen molar-refractivity contribution in [3.8, 4) is 10.4 Å². The lowest BCUT2D eigenvalue weighted by molar-refractivity contribution is -0.146. The topological polar surface area (TPSA) is 122 Å². The van der Waals surface area contributed by atoms with Crippen LogP contribution in [0.25, 0.3) is 10.4 Å². The summed E-state index contributed by atoms with van der Waals surface area (Å²) in [6, 6.07) is 14.4. The Bertz CT molecular complexity index is 1260. The number of aromatic nitrogens is 1. The average Bonchev–Trinajstić information content (AvgIpc) is 3.54. The van der Waals surface area contributed by atoms with Crippen LogP contribution in [0.2, 0.25) is 0 Å². The molecule has 1 saturated carbocycles. The number of Topliss-reactive ketones (excluding diaryl/α,β-unsaturated/α-hetero) is 2. The number of thiazole rings is 1. The molecule has 1 aromatic heterocycles. The van der Waals surface area contributed by atoms with Gasteiger partial charge in [-0.3, -0.25) is 19.4 Å². The molecule has 2 aromatic carbocycles. The first-order valence-electron chi connectivity index (χ1n) is 11.3. The van der Waals surface area contributed by atoms with Gasteiger partial charge in [-0.25, -0.2) is 0 Å². The molecule has 1 fully saturated rings. The number of carboxylic acids is 1. The second-order valence-electron chi connectivity index (χ2n) is 9.13. The Balaban J connectivity index is 1.47. The first kappa shape index (κ1) is 22.4. The number of anilines is 1. The molecule has 7 nitrogen and oxygen atoms in total. The van der Waals surface area contributed by atoms with E-state index in [4.69, 9.17) is 5.73 Å². The lowest BCUT2D eigenvalue weighted by Gasteiger charge is -2.44. The number of benzene rings is 2. The minimum atomic E-state index is -1.90. The molecule has 0 bridgehead atoms. The van der Waals surface area contributed by atoms with Gasteiger partial charge in [-0.15, -0.1) is 11.3 Å². The van der Waals surface area contributed by atoms with Gasteiger partial charge in [-0.1, -0.05) is 42.8 Å². The van der Waals surface area contributed by atoms with Crippen LogP contribution in [0, 0.1) is 5.92 Å². The molecule has 3 aromatic rings. The van der Waals surface area contributed by atoms with E-state index in [1.807, 2.05) is 30.3 Å². The number of ketones is 2. The normalized spacial score (nSPS) is 22.7. The number of carboxylic acid groups (broad SMARTS) is 1. The molecule has 0 amide bonds. The molecule has 34 heavy (non-hydrogen) atoms. The SMILES string of the molecule is NC(CC(=O)C(=O)c1cccc(-c2cncs2)c1)(C(=O)O)C1c2ccccc2N[C@@H]2CCC[C@H]12. The number of nitrogens with two attached hydrogens (primary N) is 1. The monoisotopic (exact) mass is 475 g/mol. The van der Waals surface area contributed by atoms with Gasteiger partial charge in [0.1, 0.15) is 5.54 Å². The summed E-state index contributed by atoms with van der Waals surface area (Å²) < 4.78 is 0. The summed E-state index contributed by atoms with van der Waals surface area (Å²) in [4.78, 5) is 43.8. The minimum Gasteiger partial charge on any atom is -0.480 e. The predicted molar refractivity (Wildman–Crippen MR) is 130 cm³/mol. The van der Waals surface area contributed by atoms with E-state index in [1.54, 1.807) is 29.9 Å². The number of carbonyl (C=O) groups excluding carboxylic acids is 2. The Morgan fingerprint density at radius 3 is 2.74 bits per heavy atom. The van der Waals surface area contributed by atoms with Crippen molar-refractivity contribution in [3.05, 3.63) is 71.4 Å². The molecule has 5 rings (SSSR count). The van der Waals surface area contributed by atoms with E-state index in [-0.39, 0.29) is 17.5 Å². The summed E-state index contributed by atoms with van der Waals surface area (Å²) in [5.41, 5.74) is 9.04. The smallest absolute Gasteiger partial charge is 0.324 e. The highest BCUT2D eigenvalue weighted by molar-refractivity contribution is 7.13. The van der Waals surface area contributed by atoms with Crippen LogP contribution < -0.4 is 11.1 Å². The maximum absolute atomic E-state index is 13.2. The number of rotatable bonds is 7. The fourth-order valence-corrected chi connectivity index (χ4v) is 6.17. The van der Waals surface area contributed by atoms with Crippen molar-refractivity contribution in [2.24, 2.45) is 11.7 Å². The molecule has 2 heterocycles. The van der Waals surface area contributed by atoms with Crippen molar-refractivity contribution in [1.29, 1.82) is 0 Å². The zero-order valence-electron chi connectivity index (χ0n) is 18.4. The number of nitrogens with zero attached hydrogens (tertiary/aromatic N) is 1. The molecule has 4 N–H and O–H groups in total. The van der Waals surface area contributed by atoms with E-state index < -0.39 is 35.4 Å². The molecule has 174 valence electrons. The van der Waals surface area contributed by atoms with Crippen molar-refractivity contribution < 1.29 is 19.5 Å². The van der Waals surface area contributed by atoms with E-state index >= 15 is 0 Å². The van der Waals surface area contributed by atoms with Crippen molar-refractivity contribution in [2.75, 3.05) is 5.32 Å². The number of hydrogen-bond acceptors (Lipinski definition) is 7. The van der Waals surface area contributed by atoms with Crippen molar-refractivity contribution in [3.63, 3.8) is 0 Å². The van der Waals surface area contributed by atoms with Gasteiger partial charge in [-0.05, 0) is 42.0 Å². The van der Waals surface area contributed by atoms with Crippen LogP contribution in [0.15, 0.2) is 60.2 Å². The van der Waals surface area contributed by atoms with Crippen LogP contribution in [0.5, 0.6) is 0 Å². The molecule has 0 saturated heterocycles. The first-order chi connectivity index (χ1) is 16.4. The van der Waals surface area contributed by atoms with E-state index in [0.29, 0.717) is 0 Å². The number of para-hydroxylation sites is 1. The van der Waals surface area contributed by atoms with Gasteiger partial charge in [0.05, 0.1) is 10.4 Å². The third kappa shape index (κ3) is 3.82. The van der Waals surface area contributed by atoms with Crippen LogP contribution in [0.3, 0.4) is 0 Å². The summed E-state index contributed by atoms with van der Waals surface area (Å²) in [6.07, 6.45) is 3.83. The van der Waals surface area contributed by atoms with E-state index in [9.17, 15) is 19.5 Å². The minimum absolute atomic E-state index is 0.0199. The van der Waals surface area contributed by atoms with Gasteiger partial charge < -0.3 is 16.2 Å². The number of aliphatic carboxylic acids is 1. The summed E-state index contributed by atoms with van der Waals surface area (Å²) in [5.74, 6) is -3.38. The maximum Gasteiger partial charge on any atom is 0.324 e. The van der Waals surface area contributed by atoms with Gasteiger partial charge in [0.2, 0.25) is 11.6 Å². The number of nitrogens with one attached hydrogen (secondary N) is 1. The van der Waals surface area contributed by atoms with Crippen LogP contribution in [0.1, 0.15) is 47.5 Å². The third-order valence-electron chi connectivity index (χ3n) is 7.14. The Hall–Kier alpha value is -3.36. The number of hydrogen-bond donors (Lipinski definition) is 3. The van der Waals surface area contributed by atoms with Gasteiger partial charge in [0.15, 0.2) is 0 Å². The van der Waals surface area contributed by atoms with Crippen LogP contribution in [0.4, 0.5) is 5.69 Å². The molecular weight excluding hydrogens is 450 g/mol. The average molecular weight is 476 g/mol. The Kier molecular flexibility index (Phi) is 5.79. The van der Waals surface area contributed by atoms with E-state index in [2.05, 4.69) is 10.3 Å². The van der Waals surface area contributed by atoms with Crippen LogP contribution >= 0.6 is 11.3 Å². The van der Waals surface area contributed by atoms with Crippen molar-refractivity contribution in [1.82, 2.24) is 4.98 Å². The van der Waals surface area contributed by atoms with Crippen LogP contribution in [-0.2, 0) is 9.59 Å². The molecule has 8 heteroatoms. The highest BCUT2D eigenvalue weighted by atomic mass is 32.1. The number of carbonyl (C=O) groups is 3. The standard InChI is InChI=1S/C26H25N3O4S/c27-26(25(32)33,23-17-7-1-2-9-19(17)29-20-10-4-8-18(20)23)12-21(30)24(31)16-6-3-5-15(11-16)22-13-28-14-34-22/h1-3,5-7,9,11,13-14,18,20,23,29H,4,8,10,12,27H2,(H,32,33)/t18-,20+,23?,26?/m0/s1. The van der Waals surface area contributed by atoms with E-state index in [1.165, 1.54) is 11.3 Å². The molecule has 0 radical (unpaired) electrons. The summed E-state index contributed by atoms with van der Waals surface area (Å²) in [6.45, 7) is 0. The highest BCUT2D eigenvalue weighted by Crippen LogP contribution is 2.50. The van der Waals surface area contributed by atoms with Crippen LogP contribution in [-0.4, -0.2) is 39.2 Å². The van der Waals surface area contributed by atoms with Gasteiger partial charge in [0, 0.05) is 35.8 Å². The molecule has 1 aliphatic carbocycles. The zero-order valence-corrected chi connectivity index (χ0v) is 19.3. The molecule has 2 aliphatic rings. The van der Waals surface area contributed by atoms with Crippen molar-refractivity contribution >= 4 is 34.6 Å². The molecular formula is C26H25N3O4S. The van der Waals surface area contributed by atoms with Gasteiger partial charge in [-0.2, -0.15) is 0 Å². The Labute approximate surface area is 201 Å². The predicted octanol–water partition coefficient (Wildman–Crippen LogP) is 4.11. The highest BCUT2D eigenvalue weighted by Gasteiger charge is 2.53. The fourth-order valence-electron chi connectivity index (χ4n) is 5.55. The summed E-state index contributed by atoms with van der Waals surface area (Å²) in [5, 5.41) is 13.8. The molecule has 1 aliphatic heterocycles. The quantitative estimate of drug-likeness (QED) is 0.347. The largest absolute Gasteiger partial charge is 0.480 e. The summed E-state index contributed by atoms with van der Waals surface area (Å²) >= 11 is 1.43. The molecule has 2 unspecified atom stereocenters. The molecule has 4 atom stereocenters. The fraction of sp³-hybridized carbons (Fsp3) is 0.308. The maximum atomic E-state index is 13.2. The third-order valence-corrected chi connectivity index (χ3v) is 7.96. The second kappa shape index (κ2) is 8.77. The van der Waals surface area contributed by atoms with Gasteiger partial charge in [0.25, 0.3) is 0 Å². The zero-order chi connectivity index (χ0) is 23.9. The lowest BCUT2D eigenvalue weighted by atomic mass is 9.66.